The minimum atomic E-state index is -0.401. The maximum atomic E-state index is 12.5. The second-order valence-electron chi connectivity index (χ2n) is 6.76. The summed E-state index contributed by atoms with van der Waals surface area (Å²) in [5, 5.41) is 5.81. The van der Waals surface area contributed by atoms with E-state index in [4.69, 9.17) is 0 Å². The molecule has 1 heterocycles. The van der Waals surface area contributed by atoms with Gasteiger partial charge in [-0.15, -0.1) is 0 Å². The first-order valence-corrected chi connectivity index (χ1v) is 9.02. The minimum absolute atomic E-state index is 0.0713. The summed E-state index contributed by atoms with van der Waals surface area (Å²) in [5.41, 5.74) is 2.92. The molecule has 2 N–H and O–H groups in total. The van der Waals surface area contributed by atoms with E-state index < -0.39 is 5.92 Å². The summed E-state index contributed by atoms with van der Waals surface area (Å²) >= 11 is 0. The Kier molecular flexibility index (Phi) is 6.02. The van der Waals surface area contributed by atoms with Crippen molar-refractivity contribution in [2.75, 3.05) is 25.5 Å². The molecule has 0 saturated carbocycles. The molecule has 1 atom stereocenters. The lowest BCUT2D eigenvalue weighted by Gasteiger charge is -2.25. The average Bonchev–Trinajstić information content (AvgIpc) is 2.65. The Hall–Kier alpha value is -2.66. The highest BCUT2D eigenvalue weighted by Crippen LogP contribution is 2.31. The third kappa shape index (κ3) is 4.70. The topological polar surface area (TPSA) is 61.4 Å². The van der Waals surface area contributed by atoms with Crippen molar-refractivity contribution in [3.63, 3.8) is 0 Å². The van der Waals surface area contributed by atoms with E-state index >= 15 is 0 Å². The molecule has 0 aromatic heterocycles. The number of rotatable bonds is 7. The summed E-state index contributed by atoms with van der Waals surface area (Å²) in [6, 6.07) is 17.8. The quantitative estimate of drug-likeness (QED) is 0.754. The first-order valence-electron chi connectivity index (χ1n) is 9.02. The normalized spacial score (nSPS) is 16.1. The van der Waals surface area contributed by atoms with E-state index in [1.807, 2.05) is 42.5 Å². The molecule has 2 amide bonds. The third-order valence-electron chi connectivity index (χ3n) is 4.63. The van der Waals surface area contributed by atoms with Crippen LogP contribution in [0.1, 0.15) is 29.9 Å². The van der Waals surface area contributed by atoms with Gasteiger partial charge in [0.15, 0.2) is 0 Å². The van der Waals surface area contributed by atoms with Gasteiger partial charge in [0.2, 0.25) is 11.8 Å². The summed E-state index contributed by atoms with van der Waals surface area (Å²) in [5.74, 6) is -0.577. The van der Waals surface area contributed by atoms with Crippen LogP contribution in [-0.4, -0.2) is 36.9 Å². The van der Waals surface area contributed by atoms with E-state index in [0.717, 1.165) is 30.8 Å². The molecule has 26 heavy (non-hydrogen) atoms. The molecule has 5 heteroatoms. The molecule has 2 aromatic rings. The van der Waals surface area contributed by atoms with Gasteiger partial charge in [-0.2, -0.15) is 0 Å². The summed E-state index contributed by atoms with van der Waals surface area (Å²) in [6.07, 6.45) is 1.08. The number of benzene rings is 2. The number of nitrogens with one attached hydrogen (secondary N) is 2. The van der Waals surface area contributed by atoms with Crippen LogP contribution in [0.15, 0.2) is 54.6 Å². The summed E-state index contributed by atoms with van der Waals surface area (Å²) < 4.78 is 0. The van der Waals surface area contributed by atoms with Gasteiger partial charge in [-0.25, -0.2) is 0 Å². The maximum absolute atomic E-state index is 12.5. The van der Waals surface area contributed by atoms with Gasteiger partial charge in [0.25, 0.3) is 0 Å². The zero-order valence-corrected chi connectivity index (χ0v) is 15.1. The molecule has 136 valence electrons. The second-order valence-corrected chi connectivity index (χ2v) is 6.76. The van der Waals surface area contributed by atoms with Crippen LogP contribution in [0.4, 0.5) is 5.69 Å². The van der Waals surface area contributed by atoms with Crippen molar-refractivity contribution in [3.05, 3.63) is 65.7 Å². The molecule has 1 unspecified atom stereocenters. The van der Waals surface area contributed by atoms with Crippen molar-refractivity contribution in [1.29, 1.82) is 0 Å². The fourth-order valence-corrected chi connectivity index (χ4v) is 3.30. The van der Waals surface area contributed by atoms with Gasteiger partial charge in [0, 0.05) is 25.2 Å². The number of anilines is 1. The van der Waals surface area contributed by atoms with Gasteiger partial charge in [-0.3, -0.25) is 9.59 Å². The Bertz CT molecular complexity index is 761. The van der Waals surface area contributed by atoms with Crippen molar-refractivity contribution in [3.8, 4) is 0 Å². The molecule has 0 radical (unpaired) electrons. The first-order chi connectivity index (χ1) is 12.6. The molecule has 3 rings (SSSR count). The van der Waals surface area contributed by atoms with Crippen molar-refractivity contribution in [2.45, 2.75) is 25.3 Å². The second kappa shape index (κ2) is 8.63. The molecule has 0 aliphatic carbocycles. The Morgan fingerprint density at radius 2 is 1.88 bits per heavy atom. The number of carbonyl (C=O) groups excluding carboxylic acids is 2. The van der Waals surface area contributed by atoms with E-state index in [9.17, 15) is 9.59 Å². The Morgan fingerprint density at radius 1 is 1.15 bits per heavy atom. The standard InChI is InChI=1S/C21H25N3O2/c1-24(15-16-8-3-2-4-9-16)13-7-12-22-21(26)18-14-20(25)23-19-11-6-5-10-17(18)19/h2-6,8-11,18H,7,12-15H2,1H3,(H,22,26)(H,23,25). The summed E-state index contributed by atoms with van der Waals surface area (Å²) in [4.78, 5) is 26.6. The SMILES string of the molecule is CN(CCCNC(=O)C1CC(=O)Nc2ccccc21)Cc1ccccc1. The lowest BCUT2D eigenvalue weighted by molar-refractivity contribution is -0.126. The number of hydrogen-bond donors (Lipinski definition) is 2. The number of para-hydroxylation sites is 1. The predicted molar refractivity (Wildman–Crippen MR) is 103 cm³/mol. The van der Waals surface area contributed by atoms with Gasteiger partial charge in [0.05, 0.1) is 5.92 Å². The number of amides is 2. The van der Waals surface area contributed by atoms with Crippen LogP contribution in [0.3, 0.4) is 0 Å². The van der Waals surface area contributed by atoms with Crippen molar-refractivity contribution in [1.82, 2.24) is 10.2 Å². The predicted octanol–water partition coefficient (Wildman–Crippen LogP) is 2.75. The van der Waals surface area contributed by atoms with E-state index in [1.165, 1.54) is 5.56 Å². The monoisotopic (exact) mass is 351 g/mol. The molecule has 1 aliphatic heterocycles. The van der Waals surface area contributed by atoms with Crippen LogP contribution >= 0.6 is 0 Å². The van der Waals surface area contributed by atoms with E-state index in [2.05, 4.69) is 34.7 Å². The number of hydrogen-bond acceptors (Lipinski definition) is 3. The van der Waals surface area contributed by atoms with Gasteiger partial charge in [-0.05, 0) is 37.2 Å². The Balaban J connectivity index is 1.45. The highest BCUT2D eigenvalue weighted by Gasteiger charge is 2.30. The first kappa shape index (κ1) is 18.1. The van der Waals surface area contributed by atoms with Crippen LogP contribution in [0.2, 0.25) is 0 Å². The van der Waals surface area contributed by atoms with Gasteiger partial charge < -0.3 is 15.5 Å². The Labute approximate surface area is 154 Å². The molecule has 0 bridgehead atoms. The molecular formula is C21H25N3O2. The third-order valence-corrected chi connectivity index (χ3v) is 4.63. The van der Waals surface area contributed by atoms with Crippen LogP contribution in [0.25, 0.3) is 0 Å². The Morgan fingerprint density at radius 3 is 2.69 bits per heavy atom. The molecular weight excluding hydrogens is 326 g/mol. The smallest absolute Gasteiger partial charge is 0.228 e. The number of nitrogens with zero attached hydrogens (tertiary/aromatic N) is 1. The molecule has 5 nitrogen and oxygen atoms in total. The molecule has 2 aromatic carbocycles. The van der Waals surface area contributed by atoms with E-state index in [0.29, 0.717) is 6.54 Å². The number of carbonyl (C=O) groups is 2. The summed E-state index contributed by atoms with van der Waals surface area (Å²) in [7, 11) is 2.08. The molecule has 1 aliphatic rings. The van der Waals surface area contributed by atoms with Crippen molar-refractivity contribution in [2.24, 2.45) is 0 Å². The number of fused-ring (bicyclic) bond motifs is 1. The fourth-order valence-electron chi connectivity index (χ4n) is 3.30. The molecule has 0 fully saturated rings. The van der Waals surface area contributed by atoms with Gasteiger partial charge >= 0.3 is 0 Å². The highest BCUT2D eigenvalue weighted by atomic mass is 16.2. The largest absolute Gasteiger partial charge is 0.356 e. The van der Waals surface area contributed by atoms with Gasteiger partial charge in [-0.1, -0.05) is 48.5 Å². The lowest BCUT2D eigenvalue weighted by Crippen LogP contribution is -2.36. The average molecular weight is 351 g/mol. The van der Waals surface area contributed by atoms with E-state index in [-0.39, 0.29) is 18.2 Å². The van der Waals surface area contributed by atoms with Crippen LogP contribution in [0.5, 0.6) is 0 Å². The van der Waals surface area contributed by atoms with Crippen molar-refractivity contribution >= 4 is 17.5 Å². The van der Waals surface area contributed by atoms with Crippen LogP contribution in [0, 0.1) is 0 Å². The van der Waals surface area contributed by atoms with Crippen molar-refractivity contribution < 1.29 is 9.59 Å². The lowest BCUT2D eigenvalue weighted by atomic mass is 9.90. The van der Waals surface area contributed by atoms with Gasteiger partial charge in [0.1, 0.15) is 0 Å². The molecule has 0 spiro atoms. The zero-order chi connectivity index (χ0) is 18.4. The van der Waals surface area contributed by atoms with Crippen LogP contribution < -0.4 is 10.6 Å². The zero-order valence-electron chi connectivity index (χ0n) is 15.1. The minimum Gasteiger partial charge on any atom is -0.356 e. The fraction of sp³-hybridized carbons (Fsp3) is 0.333. The highest BCUT2D eigenvalue weighted by molar-refractivity contribution is 6.01. The maximum Gasteiger partial charge on any atom is 0.228 e. The summed E-state index contributed by atoms with van der Waals surface area (Å²) in [6.45, 7) is 2.40. The van der Waals surface area contributed by atoms with E-state index in [1.54, 1.807) is 0 Å². The molecule has 0 saturated heterocycles. The van der Waals surface area contributed by atoms with Crippen LogP contribution in [-0.2, 0) is 16.1 Å².